The Kier molecular flexibility index (Phi) is 6.47. The van der Waals surface area contributed by atoms with Crippen LogP contribution in [0.4, 0.5) is 10.5 Å². The van der Waals surface area contributed by atoms with Crippen molar-refractivity contribution >= 4 is 40.1 Å². The SMILES string of the molecule is COc1cc2nccc(Oc3ccc(NC(=O)NC4CC4)c(Cl)c3)c2cc1C(=O)NCC#N. The van der Waals surface area contributed by atoms with Crippen LogP contribution in [0.1, 0.15) is 23.2 Å². The number of halogens is 1. The minimum atomic E-state index is -0.451. The van der Waals surface area contributed by atoms with E-state index < -0.39 is 5.91 Å². The Morgan fingerprint density at radius 2 is 2.03 bits per heavy atom. The van der Waals surface area contributed by atoms with Crippen LogP contribution in [0.5, 0.6) is 17.2 Å². The van der Waals surface area contributed by atoms with Gasteiger partial charge >= 0.3 is 6.03 Å². The van der Waals surface area contributed by atoms with Crippen molar-refractivity contribution in [1.82, 2.24) is 15.6 Å². The van der Waals surface area contributed by atoms with Crippen molar-refractivity contribution in [3.8, 4) is 23.3 Å². The molecule has 0 spiro atoms. The number of pyridine rings is 1. The number of benzene rings is 2. The quantitative estimate of drug-likeness (QED) is 0.448. The summed E-state index contributed by atoms with van der Waals surface area (Å²) in [6, 6.07) is 11.6. The summed E-state index contributed by atoms with van der Waals surface area (Å²) in [7, 11) is 1.45. The number of ether oxygens (including phenoxy) is 2. The van der Waals surface area contributed by atoms with Crippen LogP contribution in [0.15, 0.2) is 42.6 Å². The highest BCUT2D eigenvalue weighted by Gasteiger charge is 2.23. The lowest BCUT2D eigenvalue weighted by molar-refractivity contribution is 0.0955. The van der Waals surface area contributed by atoms with Gasteiger partial charge in [0.05, 0.1) is 35.0 Å². The molecular weight excluding hydrogens is 446 g/mol. The number of carbonyl (C=O) groups excluding carboxylic acids is 2. The van der Waals surface area contributed by atoms with Crippen LogP contribution < -0.4 is 25.4 Å². The number of carbonyl (C=O) groups is 2. The first-order chi connectivity index (χ1) is 16.0. The summed E-state index contributed by atoms with van der Waals surface area (Å²) in [6.07, 6.45) is 3.55. The number of anilines is 1. The Morgan fingerprint density at radius 1 is 1.21 bits per heavy atom. The number of nitrogens with zero attached hydrogens (tertiary/aromatic N) is 2. The Balaban J connectivity index is 1.60. The number of nitrogens with one attached hydrogen (secondary N) is 3. The van der Waals surface area contributed by atoms with Crippen LogP contribution in [-0.2, 0) is 0 Å². The molecule has 1 saturated carbocycles. The van der Waals surface area contributed by atoms with Gasteiger partial charge in [-0.05, 0) is 37.1 Å². The summed E-state index contributed by atoms with van der Waals surface area (Å²) in [5.41, 5.74) is 1.27. The fraction of sp³-hybridized carbons (Fsp3) is 0.217. The van der Waals surface area contributed by atoms with Gasteiger partial charge in [0.25, 0.3) is 5.91 Å². The monoisotopic (exact) mass is 465 g/mol. The van der Waals surface area contributed by atoms with Gasteiger partial charge in [-0.3, -0.25) is 9.78 Å². The summed E-state index contributed by atoms with van der Waals surface area (Å²) >= 11 is 6.33. The zero-order chi connectivity index (χ0) is 23.4. The summed E-state index contributed by atoms with van der Waals surface area (Å²) < 4.78 is 11.3. The smallest absolute Gasteiger partial charge is 0.319 e. The molecule has 0 bridgehead atoms. The fourth-order valence-electron chi connectivity index (χ4n) is 3.16. The first kappa shape index (κ1) is 22.2. The molecule has 1 aromatic heterocycles. The van der Waals surface area contributed by atoms with Gasteiger partial charge in [-0.15, -0.1) is 0 Å². The molecule has 0 unspecified atom stereocenters. The van der Waals surface area contributed by atoms with Gasteiger partial charge < -0.3 is 25.4 Å². The molecule has 3 N–H and O–H groups in total. The normalized spacial score (nSPS) is 12.5. The van der Waals surface area contributed by atoms with E-state index in [4.69, 9.17) is 26.3 Å². The second kappa shape index (κ2) is 9.63. The average Bonchev–Trinajstić information content (AvgIpc) is 3.62. The predicted molar refractivity (Wildman–Crippen MR) is 123 cm³/mol. The molecule has 1 aliphatic carbocycles. The average molecular weight is 466 g/mol. The van der Waals surface area contributed by atoms with Crippen molar-refractivity contribution in [2.24, 2.45) is 0 Å². The van der Waals surface area contributed by atoms with Gasteiger partial charge in [-0.2, -0.15) is 5.26 Å². The predicted octanol–water partition coefficient (Wildman–Crippen LogP) is 4.23. The van der Waals surface area contributed by atoms with Gasteiger partial charge in [0.2, 0.25) is 0 Å². The second-order valence-electron chi connectivity index (χ2n) is 7.34. The Labute approximate surface area is 194 Å². The molecule has 33 heavy (non-hydrogen) atoms. The van der Waals surface area contributed by atoms with Crippen molar-refractivity contribution in [3.63, 3.8) is 0 Å². The fourth-order valence-corrected chi connectivity index (χ4v) is 3.38. The molecular formula is C23H20ClN5O4. The number of rotatable bonds is 7. The van der Waals surface area contributed by atoms with Gasteiger partial charge in [0.1, 0.15) is 23.8 Å². The highest BCUT2D eigenvalue weighted by Crippen LogP contribution is 2.35. The van der Waals surface area contributed by atoms with E-state index in [2.05, 4.69) is 20.9 Å². The zero-order valence-electron chi connectivity index (χ0n) is 17.6. The molecule has 10 heteroatoms. The summed E-state index contributed by atoms with van der Waals surface area (Å²) in [5, 5.41) is 17.7. The van der Waals surface area contributed by atoms with Gasteiger partial charge in [-0.25, -0.2) is 4.79 Å². The first-order valence-electron chi connectivity index (χ1n) is 10.2. The first-order valence-corrected chi connectivity index (χ1v) is 10.5. The number of methoxy groups -OCH3 is 1. The maximum Gasteiger partial charge on any atom is 0.319 e. The molecule has 0 radical (unpaired) electrons. The molecule has 1 aliphatic rings. The van der Waals surface area contributed by atoms with E-state index in [0.29, 0.717) is 38.9 Å². The third-order valence-electron chi connectivity index (χ3n) is 4.92. The van der Waals surface area contributed by atoms with Crippen molar-refractivity contribution < 1.29 is 19.1 Å². The van der Waals surface area contributed by atoms with Crippen LogP contribution in [-0.4, -0.2) is 36.6 Å². The maximum atomic E-state index is 12.5. The topological polar surface area (TPSA) is 125 Å². The lowest BCUT2D eigenvalue weighted by atomic mass is 10.1. The molecule has 3 aromatic rings. The van der Waals surface area contributed by atoms with Crippen LogP contribution in [0.25, 0.3) is 10.9 Å². The molecule has 3 amide bonds. The number of aromatic nitrogens is 1. The molecule has 4 rings (SSSR count). The van der Waals surface area contributed by atoms with Gasteiger partial charge in [0.15, 0.2) is 0 Å². The van der Waals surface area contributed by atoms with Gasteiger partial charge in [0, 0.05) is 29.8 Å². The number of fused-ring (bicyclic) bond motifs is 1. The van der Waals surface area contributed by atoms with Crippen molar-refractivity contribution in [1.29, 1.82) is 5.26 Å². The molecule has 9 nitrogen and oxygen atoms in total. The molecule has 1 fully saturated rings. The zero-order valence-corrected chi connectivity index (χ0v) is 18.4. The Hall–Kier alpha value is -4.03. The van der Waals surface area contributed by atoms with Gasteiger partial charge in [-0.1, -0.05) is 11.6 Å². The third-order valence-corrected chi connectivity index (χ3v) is 5.24. The summed E-state index contributed by atoms with van der Waals surface area (Å²) in [5.74, 6) is 0.755. The minimum Gasteiger partial charge on any atom is -0.496 e. The van der Waals surface area contributed by atoms with Crippen LogP contribution in [0.3, 0.4) is 0 Å². The Morgan fingerprint density at radius 3 is 2.73 bits per heavy atom. The van der Waals surface area contributed by atoms with E-state index in [-0.39, 0.29) is 24.2 Å². The lowest BCUT2D eigenvalue weighted by Gasteiger charge is -2.14. The van der Waals surface area contributed by atoms with Crippen molar-refractivity contribution in [2.75, 3.05) is 19.0 Å². The highest BCUT2D eigenvalue weighted by atomic mass is 35.5. The molecule has 2 aromatic carbocycles. The molecule has 168 valence electrons. The minimum absolute atomic E-state index is 0.131. The van der Waals surface area contributed by atoms with E-state index in [9.17, 15) is 9.59 Å². The van der Waals surface area contributed by atoms with Crippen LogP contribution in [0, 0.1) is 11.3 Å². The van der Waals surface area contributed by atoms with Crippen molar-refractivity contribution in [3.05, 3.63) is 53.2 Å². The number of amides is 3. The van der Waals surface area contributed by atoms with E-state index >= 15 is 0 Å². The number of nitriles is 1. The van der Waals surface area contributed by atoms with E-state index in [0.717, 1.165) is 12.8 Å². The summed E-state index contributed by atoms with van der Waals surface area (Å²) in [4.78, 5) is 28.8. The second-order valence-corrected chi connectivity index (χ2v) is 7.74. The van der Waals surface area contributed by atoms with E-state index in [1.165, 1.54) is 7.11 Å². The number of hydrogen-bond acceptors (Lipinski definition) is 6. The van der Waals surface area contributed by atoms with Crippen molar-refractivity contribution in [2.45, 2.75) is 18.9 Å². The molecule has 0 atom stereocenters. The van der Waals surface area contributed by atoms with E-state index in [1.807, 2.05) is 6.07 Å². The summed E-state index contributed by atoms with van der Waals surface area (Å²) in [6.45, 7) is -0.131. The number of hydrogen-bond donors (Lipinski definition) is 3. The van der Waals surface area contributed by atoms with Crippen LogP contribution in [0.2, 0.25) is 5.02 Å². The largest absolute Gasteiger partial charge is 0.496 e. The van der Waals surface area contributed by atoms with E-state index in [1.54, 1.807) is 42.6 Å². The standard InChI is InChI=1S/C23H20ClN5O4/c1-32-21-12-19-15(11-16(21)22(30)27-9-7-25)20(6-8-26-19)33-14-4-5-18(17(24)10-14)29-23(31)28-13-2-3-13/h4-6,8,10-13H,2-3,9H2,1H3,(H,27,30)(H2,28,29,31). The molecule has 0 saturated heterocycles. The lowest BCUT2D eigenvalue weighted by Crippen LogP contribution is -2.30. The maximum absolute atomic E-state index is 12.5. The van der Waals surface area contributed by atoms with Crippen LogP contribution >= 0.6 is 11.6 Å². The third kappa shape index (κ3) is 5.25. The Bertz CT molecular complexity index is 1270. The highest BCUT2D eigenvalue weighted by molar-refractivity contribution is 6.33. The molecule has 0 aliphatic heterocycles. The molecule has 1 heterocycles. The number of urea groups is 1.